The number of anilines is 2. The molecule has 0 atom stereocenters. The number of urea groups is 1. The highest BCUT2D eigenvalue weighted by molar-refractivity contribution is 9.10. The van der Waals surface area contributed by atoms with E-state index >= 15 is 0 Å². The minimum Gasteiger partial charge on any atom is -0.308 e. The molecule has 6 nitrogen and oxygen atoms in total. The van der Waals surface area contributed by atoms with Crippen molar-refractivity contribution in [2.75, 3.05) is 23.8 Å². The van der Waals surface area contributed by atoms with Crippen LogP contribution in [0.2, 0.25) is 5.02 Å². The molecular formula is C17H19BrClN2O4P. The van der Waals surface area contributed by atoms with Gasteiger partial charge in [0.2, 0.25) is 0 Å². The molecule has 0 bridgehead atoms. The van der Waals surface area contributed by atoms with Crippen LogP contribution < -0.4 is 15.9 Å². The zero-order chi connectivity index (χ0) is 19.2. The van der Waals surface area contributed by atoms with Gasteiger partial charge in [-0.25, -0.2) is 4.79 Å². The molecule has 0 aromatic heterocycles. The van der Waals surface area contributed by atoms with Crippen LogP contribution in [-0.4, -0.2) is 19.2 Å². The highest BCUT2D eigenvalue weighted by Crippen LogP contribution is 2.49. The van der Waals surface area contributed by atoms with Gasteiger partial charge in [0, 0.05) is 15.2 Å². The third-order valence-corrected chi connectivity index (χ3v) is 6.07. The van der Waals surface area contributed by atoms with E-state index < -0.39 is 13.6 Å². The standard InChI is InChI=1S/C17H19BrClN2O4P/c1-3-24-26(23,25-4-2)16-10-12(18)8-9-15(16)21-17(22)20-14-7-5-6-13(19)11-14/h5-11H,3-4H2,1-2H3,(H2,20,21,22). The SMILES string of the molecule is CCOP(=O)(OCC)c1cc(Br)ccc1NC(=O)Nc1cccc(Cl)c1. The molecule has 2 aromatic carbocycles. The van der Waals surface area contributed by atoms with Crippen molar-refractivity contribution in [3.8, 4) is 0 Å². The highest BCUT2D eigenvalue weighted by Gasteiger charge is 2.30. The van der Waals surface area contributed by atoms with Crippen LogP contribution in [0.25, 0.3) is 0 Å². The molecule has 140 valence electrons. The van der Waals surface area contributed by atoms with E-state index in [0.717, 1.165) is 0 Å². The van der Waals surface area contributed by atoms with Gasteiger partial charge >= 0.3 is 13.6 Å². The van der Waals surface area contributed by atoms with Crippen LogP contribution in [-0.2, 0) is 13.6 Å². The fraction of sp³-hybridized carbons (Fsp3) is 0.235. The summed E-state index contributed by atoms with van der Waals surface area (Å²) in [6, 6.07) is 11.2. The number of hydrogen-bond acceptors (Lipinski definition) is 4. The van der Waals surface area contributed by atoms with Gasteiger partial charge < -0.3 is 19.7 Å². The van der Waals surface area contributed by atoms with E-state index in [1.165, 1.54) is 0 Å². The van der Waals surface area contributed by atoms with Crippen molar-refractivity contribution in [3.63, 3.8) is 0 Å². The van der Waals surface area contributed by atoms with Crippen LogP contribution in [0.3, 0.4) is 0 Å². The lowest BCUT2D eigenvalue weighted by Gasteiger charge is -2.20. The van der Waals surface area contributed by atoms with E-state index in [9.17, 15) is 9.36 Å². The van der Waals surface area contributed by atoms with E-state index in [2.05, 4.69) is 26.6 Å². The second-order valence-electron chi connectivity index (χ2n) is 5.08. The topological polar surface area (TPSA) is 76.7 Å². The van der Waals surface area contributed by atoms with E-state index in [-0.39, 0.29) is 18.5 Å². The number of benzene rings is 2. The second-order valence-corrected chi connectivity index (χ2v) is 8.43. The van der Waals surface area contributed by atoms with Gasteiger partial charge in [-0.1, -0.05) is 33.6 Å². The normalized spacial score (nSPS) is 11.2. The highest BCUT2D eigenvalue weighted by atomic mass is 79.9. The average Bonchev–Trinajstić information content (AvgIpc) is 2.57. The molecule has 0 heterocycles. The van der Waals surface area contributed by atoms with Gasteiger partial charge in [-0.15, -0.1) is 0 Å². The number of carbonyl (C=O) groups is 1. The van der Waals surface area contributed by atoms with E-state index in [1.807, 2.05) is 0 Å². The van der Waals surface area contributed by atoms with Gasteiger partial charge in [-0.05, 0) is 50.2 Å². The predicted octanol–water partition coefficient (Wildman–Crippen LogP) is 5.64. The van der Waals surface area contributed by atoms with E-state index in [0.29, 0.717) is 20.9 Å². The van der Waals surface area contributed by atoms with Crippen molar-refractivity contribution >= 4 is 57.8 Å². The quantitative estimate of drug-likeness (QED) is 0.523. The molecule has 2 N–H and O–H groups in total. The van der Waals surface area contributed by atoms with Gasteiger partial charge in [-0.2, -0.15) is 0 Å². The second kappa shape index (κ2) is 9.53. The van der Waals surface area contributed by atoms with E-state index in [4.69, 9.17) is 20.6 Å². The zero-order valence-corrected chi connectivity index (χ0v) is 17.5. The lowest BCUT2D eigenvalue weighted by molar-refractivity contribution is 0.230. The van der Waals surface area contributed by atoms with Crippen molar-refractivity contribution in [2.24, 2.45) is 0 Å². The molecule has 2 aromatic rings. The number of hydrogen-bond donors (Lipinski definition) is 2. The Morgan fingerprint density at radius 1 is 1.12 bits per heavy atom. The first-order valence-corrected chi connectivity index (χ1v) is 10.6. The van der Waals surface area contributed by atoms with Crippen molar-refractivity contribution in [3.05, 3.63) is 52.0 Å². The molecule has 26 heavy (non-hydrogen) atoms. The third kappa shape index (κ3) is 5.56. The predicted molar refractivity (Wildman–Crippen MR) is 109 cm³/mol. The molecule has 0 aliphatic rings. The number of carbonyl (C=O) groups excluding carboxylic acids is 1. The molecule has 0 aliphatic heterocycles. The first kappa shape index (κ1) is 20.9. The summed E-state index contributed by atoms with van der Waals surface area (Å²) < 4.78 is 24.6. The summed E-state index contributed by atoms with van der Waals surface area (Å²) in [5.74, 6) is 0. The number of amides is 2. The summed E-state index contributed by atoms with van der Waals surface area (Å²) >= 11 is 9.26. The van der Waals surface area contributed by atoms with Crippen molar-refractivity contribution < 1.29 is 18.4 Å². The zero-order valence-electron chi connectivity index (χ0n) is 14.3. The lowest BCUT2D eigenvalue weighted by Crippen LogP contribution is -2.24. The first-order chi connectivity index (χ1) is 12.4. The third-order valence-electron chi connectivity index (χ3n) is 3.18. The van der Waals surface area contributed by atoms with Gasteiger partial charge in [0.05, 0.1) is 24.2 Å². The first-order valence-electron chi connectivity index (χ1n) is 7.90. The summed E-state index contributed by atoms with van der Waals surface area (Å²) in [7, 11) is -3.58. The van der Waals surface area contributed by atoms with Crippen LogP contribution in [0.15, 0.2) is 46.9 Å². The van der Waals surface area contributed by atoms with Crippen LogP contribution >= 0.6 is 35.1 Å². The fourth-order valence-corrected chi connectivity index (χ4v) is 4.69. The number of rotatable bonds is 7. The molecule has 9 heteroatoms. The average molecular weight is 462 g/mol. The molecule has 0 saturated heterocycles. The summed E-state index contributed by atoms with van der Waals surface area (Å²) in [5, 5.41) is 6.13. The number of halogens is 2. The molecule has 0 unspecified atom stereocenters. The molecule has 0 spiro atoms. The molecule has 2 rings (SSSR count). The molecule has 0 radical (unpaired) electrons. The van der Waals surface area contributed by atoms with Crippen molar-refractivity contribution in [1.29, 1.82) is 0 Å². The Bertz CT molecular complexity index is 824. The molecule has 0 fully saturated rings. The summed E-state index contributed by atoms with van der Waals surface area (Å²) in [5.41, 5.74) is 0.865. The Balaban J connectivity index is 2.29. The Morgan fingerprint density at radius 3 is 2.42 bits per heavy atom. The van der Waals surface area contributed by atoms with Crippen LogP contribution in [0.5, 0.6) is 0 Å². The Labute approximate surface area is 165 Å². The molecule has 0 saturated carbocycles. The fourth-order valence-electron chi connectivity index (χ4n) is 2.20. The van der Waals surface area contributed by atoms with Crippen LogP contribution in [0, 0.1) is 0 Å². The van der Waals surface area contributed by atoms with E-state index in [1.54, 1.807) is 56.3 Å². The minimum atomic E-state index is -3.58. The maximum Gasteiger partial charge on any atom is 0.363 e. The summed E-state index contributed by atoms with van der Waals surface area (Å²) in [6.45, 7) is 3.86. The van der Waals surface area contributed by atoms with Gasteiger partial charge in [0.1, 0.15) is 0 Å². The Hall–Kier alpha value is -1.37. The summed E-state index contributed by atoms with van der Waals surface area (Å²) in [6.07, 6.45) is 0. The number of nitrogens with one attached hydrogen (secondary N) is 2. The molecule has 0 aliphatic carbocycles. The van der Waals surface area contributed by atoms with Crippen LogP contribution in [0.4, 0.5) is 16.2 Å². The lowest BCUT2D eigenvalue weighted by atomic mass is 10.3. The maximum atomic E-state index is 13.1. The summed E-state index contributed by atoms with van der Waals surface area (Å²) in [4.78, 5) is 12.3. The Morgan fingerprint density at radius 2 is 1.81 bits per heavy atom. The Kier molecular flexibility index (Phi) is 7.68. The van der Waals surface area contributed by atoms with Crippen LogP contribution in [0.1, 0.15) is 13.8 Å². The monoisotopic (exact) mass is 460 g/mol. The van der Waals surface area contributed by atoms with Crippen molar-refractivity contribution in [2.45, 2.75) is 13.8 Å². The van der Waals surface area contributed by atoms with Gasteiger partial charge in [0.15, 0.2) is 0 Å². The van der Waals surface area contributed by atoms with Gasteiger partial charge in [-0.3, -0.25) is 4.57 Å². The smallest absolute Gasteiger partial charge is 0.308 e. The molecular weight excluding hydrogens is 443 g/mol. The van der Waals surface area contributed by atoms with Gasteiger partial charge in [0.25, 0.3) is 0 Å². The van der Waals surface area contributed by atoms with Crippen molar-refractivity contribution in [1.82, 2.24) is 0 Å². The largest absolute Gasteiger partial charge is 0.363 e. The molecule has 2 amide bonds. The maximum absolute atomic E-state index is 13.1. The minimum absolute atomic E-state index is 0.206.